The molecule has 8 heteroatoms. The van der Waals surface area contributed by atoms with Crippen molar-refractivity contribution in [3.05, 3.63) is 47.0 Å². The fourth-order valence-electron chi connectivity index (χ4n) is 3.04. The highest BCUT2D eigenvalue weighted by atomic mass is 16.5. The van der Waals surface area contributed by atoms with Crippen LogP contribution in [0.2, 0.25) is 0 Å². The third kappa shape index (κ3) is 4.71. The lowest BCUT2D eigenvalue weighted by Gasteiger charge is -2.19. The van der Waals surface area contributed by atoms with Crippen molar-refractivity contribution in [2.75, 3.05) is 35.5 Å². The van der Waals surface area contributed by atoms with Gasteiger partial charge in [0.05, 0.1) is 47.0 Å². The van der Waals surface area contributed by atoms with E-state index in [9.17, 15) is 14.7 Å². The minimum atomic E-state index is -1.10. The zero-order valence-electron chi connectivity index (χ0n) is 17.0. The Kier molecular flexibility index (Phi) is 7.30. The summed E-state index contributed by atoms with van der Waals surface area (Å²) in [6.07, 6.45) is 0.106. The molecule has 2 rings (SSSR count). The maximum atomic E-state index is 12.3. The van der Waals surface area contributed by atoms with E-state index < -0.39 is 17.9 Å². The van der Waals surface area contributed by atoms with Gasteiger partial charge in [0, 0.05) is 0 Å². The van der Waals surface area contributed by atoms with Crippen LogP contribution in [-0.4, -0.2) is 52.6 Å². The number of methoxy groups -OCH3 is 5. The topological polar surface area (TPSA) is 101 Å². The van der Waals surface area contributed by atoms with Crippen LogP contribution in [0.25, 0.3) is 0 Å². The van der Waals surface area contributed by atoms with E-state index >= 15 is 0 Å². The minimum absolute atomic E-state index is 0.0954. The number of benzene rings is 2. The van der Waals surface area contributed by atoms with Gasteiger partial charge in [0.1, 0.15) is 0 Å². The number of carbonyl (C=O) groups is 2. The molecule has 0 aromatic heterocycles. The zero-order chi connectivity index (χ0) is 21.6. The average molecular weight is 404 g/mol. The fourth-order valence-corrected chi connectivity index (χ4v) is 3.04. The summed E-state index contributed by atoms with van der Waals surface area (Å²) < 4.78 is 25.9. The lowest BCUT2D eigenvalue weighted by molar-refractivity contribution is -0.138. The third-order valence-corrected chi connectivity index (χ3v) is 4.52. The summed E-state index contributed by atoms with van der Waals surface area (Å²) >= 11 is 0. The molecule has 0 spiro atoms. The number of rotatable bonds is 9. The predicted molar refractivity (Wildman–Crippen MR) is 105 cm³/mol. The molecule has 0 radical (unpaired) electrons. The monoisotopic (exact) mass is 404 g/mol. The molecule has 2 aromatic rings. The standard InChI is InChI=1S/C21H24O8/c1-25-16-7-6-12(9-17(16)26-2)8-14(20(22)23)13-10-18(27-3)19(28-4)11-15(13)21(24)29-5/h6-7,9-11,14H,8H2,1-5H3,(H,22,23). The van der Waals surface area contributed by atoms with Crippen molar-refractivity contribution < 1.29 is 38.4 Å². The van der Waals surface area contributed by atoms with Crippen LogP contribution < -0.4 is 18.9 Å². The Morgan fingerprint density at radius 2 is 1.38 bits per heavy atom. The summed E-state index contributed by atoms with van der Waals surface area (Å²) in [5, 5.41) is 9.90. The van der Waals surface area contributed by atoms with Gasteiger partial charge in [-0.2, -0.15) is 0 Å². The van der Waals surface area contributed by atoms with Crippen LogP contribution in [0.4, 0.5) is 0 Å². The Hall–Kier alpha value is -3.42. The van der Waals surface area contributed by atoms with E-state index in [0.717, 1.165) is 0 Å². The highest BCUT2D eigenvalue weighted by molar-refractivity contribution is 5.94. The summed E-state index contributed by atoms with van der Waals surface area (Å²) in [7, 11) is 7.11. The van der Waals surface area contributed by atoms with E-state index in [4.69, 9.17) is 23.7 Å². The van der Waals surface area contributed by atoms with E-state index in [1.807, 2.05) is 0 Å². The summed E-state index contributed by atoms with van der Waals surface area (Å²) in [4.78, 5) is 24.4. The number of carbonyl (C=O) groups excluding carboxylic acids is 1. The average Bonchev–Trinajstić information content (AvgIpc) is 2.75. The Labute approximate surface area is 168 Å². The van der Waals surface area contributed by atoms with Crippen LogP contribution in [0, 0.1) is 0 Å². The van der Waals surface area contributed by atoms with Gasteiger partial charge in [-0.3, -0.25) is 4.79 Å². The second-order valence-corrected chi connectivity index (χ2v) is 6.07. The summed E-state index contributed by atoms with van der Waals surface area (Å²) in [5.41, 5.74) is 1.05. The molecule has 29 heavy (non-hydrogen) atoms. The van der Waals surface area contributed by atoms with E-state index in [-0.39, 0.29) is 17.5 Å². The van der Waals surface area contributed by atoms with Gasteiger partial charge in [-0.05, 0) is 41.8 Å². The van der Waals surface area contributed by atoms with Crippen molar-refractivity contribution in [3.8, 4) is 23.0 Å². The maximum absolute atomic E-state index is 12.3. The molecule has 0 aliphatic heterocycles. The normalized spacial score (nSPS) is 11.3. The summed E-state index contributed by atoms with van der Waals surface area (Å²) in [6.45, 7) is 0. The Bertz CT molecular complexity index is 890. The number of aliphatic carboxylic acids is 1. The number of hydrogen-bond acceptors (Lipinski definition) is 7. The Balaban J connectivity index is 2.57. The van der Waals surface area contributed by atoms with Crippen molar-refractivity contribution in [1.29, 1.82) is 0 Å². The first kappa shape index (κ1) is 21.9. The molecule has 1 unspecified atom stereocenters. The smallest absolute Gasteiger partial charge is 0.338 e. The van der Waals surface area contributed by atoms with Crippen molar-refractivity contribution in [2.45, 2.75) is 12.3 Å². The Morgan fingerprint density at radius 3 is 1.90 bits per heavy atom. The van der Waals surface area contributed by atoms with E-state index in [0.29, 0.717) is 28.6 Å². The van der Waals surface area contributed by atoms with E-state index in [2.05, 4.69) is 0 Å². The second-order valence-electron chi connectivity index (χ2n) is 6.07. The van der Waals surface area contributed by atoms with Gasteiger partial charge in [0.25, 0.3) is 0 Å². The molecule has 0 aliphatic rings. The van der Waals surface area contributed by atoms with Crippen LogP contribution in [-0.2, 0) is 16.0 Å². The first-order chi connectivity index (χ1) is 13.9. The number of carboxylic acid groups (broad SMARTS) is 1. The molecule has 0 saturated heterocycles. The molecule has 0 saturated carbocycles. The van der Waals surface area contributed by atoms with Gasteiger partial charge in [0.2, 0.25) is 0 Å². The largest absolute Gasteiger partial charge is 0.493 e. The molecule has 2 aromatic carbocycles. The minimum Gasteiger partial charge on any atom is -0.493 e. The number of carboxylic acids is 1. The highest BCUT2D eigenvalue weighted by Gasteiger charge is 2.28. The molecule has 0 heterocycles. The molecule has 0 bridgehead atoms. The SMILES string of the molecule is COC(=O)c1cc(OC)c(OC)cc1C(Cc1ccc(OC)c(OC)c1)C(=O)O. The quantitative estimate of drug-likeness (QED) is 0.637. The molecule has 1 N–H and O–H groups in total. The van der Waals surface area contributed by atoms with Gasteiger partial charge < -0.3 is 28.8 Å². The lowest BCUT2D eigenvalue weighted by Crippen LogP contribution is -2.19. The molecule has 0 aliphatic carbocycles. The fraction of sp³-hybridized carbons (Fsp3) is 0.333. The highest BCUT2D eigenvalue weighted by Crippen LogP contribution is 2.37. The van der Waals surface area contributed by atoms with Gasteiger partial charge in [-0.25, -0.2) is 4.79 Å². The van der Waals surface area contributed by atoms with Crippen LogP contribution >= 0.6 is 0 Å². The molecular formula is C21H24O8. The second kappa shape index (κ2) is 9.68. The van der Waals surface area contributed by atoms with E-state index in [1.165, 1.54) is 47.7 Å². The molecule has 0 fully saturated rings. The number of ether oxygens (including phenoxy) is 5. The zero-order valence-corrected chi connectivity index (χ0v) is 17.0. The predicted octanol–water partition coefficient (Wildman–Crippen LogP) is 2.92. The van der Waals surface area contributed by atoms with Gasteiger partial charge in [-0.15, -0.1) is 0 Å². The van der Waals surface area contributed by atoms with E-state index in [1.54, 1.807) is 18.2 Å². The van der Waals surface area contributed by atoms with Gasteiger partial charge in [-0.1, -0.05) is 6.07 Å². The summed E-state index contributed by atoms with van der Waals surface area (Å²) in [5.74, 6) is -1.18. The Morgan fingerprint density at radius 1 is 0.828 bits per heavy atom. The lowest BCUT2D eigenvalue weighted by atomic mass is 9.88. The molecule has 0 amide bonds. The van der Waals surface area contributed by atoms with Gasteiger partial charge >= 0.3 is 11.9 Å². The van der Waals surface area contributed by atoms with Crippen LogP contribution in [0.3, 0.4) is 0 Å². The first-order valence-corrected chi connectivity index (χ1v) is 8.68. The first-order valence-electron chi connectivity index (χ1n) is 8.68. The van der Waals surface area contributed by atoms with Crippen molar-refractivity contribution >= 4 is 11.9 Å². The van der Waals surface area contributed by atoms with Crippen molar-refractivity contribution in [2.24, 2.45) is 0 Å². The van der Waals surface area contributed by atoms with Crippen LogP contribution in [0.1, 0.15) is 27.4 Å². The molecule has 156 valence electrons. The van der Waals surface area contributed by atoms with Crippen LogP contribution in [0.15, 0.2) is 30.3 Å². The number of esters is 1. The third-order valence-electron chi connectivity index (χ3n) is 4.52. The van der Waals surface area contributed by atoms with Gasteiger partial charge in [0.15, 0.2) is 23.0 Å². The van der Waals surface area contributed by atoms with Crippen molar-refractivity contribution in [3.63, 3.8) is 0 Å². The van der Waals surface area contributed by atoms with Crippen LogP contribution in [0.5, 0.6) is 23.0 Å². The maximum Gasteiger partial charge on any atom is 0.338 e. The summed E-state index contributed by atoms with van der Waals surface area (Å²) in [6, 6.07) is 8.06. The molecular weight excluding hydrogens is 380 g/mol. The molecule has 8 nitrogen and oxygen atoms in total. The number of hydrogen-bond donors (Lipinski definition) is 1. The van der Waals surface area contributed by atoms with Crippen molar-refractivity contribution in [1.82, 2.24) is 0 Å². The molecule has 1 atom stereocenters.